The van der Waals surface area contributed by atoms with Gasteiger partial charge in [-0.3, -0.25) is 12.7 Å². The molecule has 0 amide bonds. The van der Waals surface area contributed by atoms with Gasteiger partial charge in [0.15, 0.2) is 0 Å². The van der Waals surface area contributed by atoms with Crippen LogP contribution in [0.4, 0.5) is 0 Å². The second-order valence-electron chi connectivity index (χ2n) is 3.55. The van der Waals surface area contributed by atoms with E-state index in [0.717, 1.165) is 12.0 Å². The van der Waals surface area contributed by atoms with E-state index in [-0.39, 0.29) is 19.5 Å². The second kappa shape index (κ2) is 17.0. The van der Waals surface area contributed by atoms with Crippen LogP contribution in [0.1, 0.15) is 41.0 Å². The summed E-state index contributed by atoms with van der Waals surface area (Å²) in [5, 5.41) is 0. The summed E-state index contributed by atoms with van der Waals surface area (Å²) in [5.41, 5.74) is 2.13. The Hall–Kier alpha value is -0.417. The van der Waals surface area contributed by atoms with E-state index in [1.54, 1.807) is 0 Å². The minimum Gasteiger partial charge on any atom is -0.335 e. The van der Waals surface area contributed by atoms with Crippen molar-refractivity contribution >= 4 is 0 Å². The molecule has 1 radical (unpaired) electrons. The van der Waals surface area contributed by atoms with Gasteiger partial charge in [0.05, 0.1) is 0 Å². The topological polar surface area (TPSA) is 0 Å². The summed E-state index contributed by atoms with van der Waals surface area (Å²) in [6, 6.07) is 0. The van der Waals surface area contributed by atoms with Gasteiger partial charge in [-0.1, -0.05) is 20.8 Å². The Morgan fingerprint density at radius 2 is 1.81 bits per heavy atom. The molecule has 0 aromatic rings. The molecule has 0 aromatic carbocycles. The number of rotatable bonds is 1. The standard InChI is InChI=1S/C7H11.C5H5.C3H7.Ru/c1-6(2)5-7(3)4;1-2-4-5-3-1;1-3-2;/h1,5H,2-4H3;1-3H,4H2;3H,1-2H3;/q3*-1;+3. The molecule has 0 N–H and O–H groups in total. The first-order valence-corrected chi connectivity index (χ1v) is 5.24. The van der Waals surface area contributed by atoms with Crippen LogP contribution in [-0.4, -0.2) is 0 Å². The largest absolute Gasteiger partial charge is 3.00 e. The Balaban J connectivity index is -0.000000166. The van der Waals surface area contributed by atoms with Gasteiger partial charge in [0.25, 0.3) is 0 Å². The Bertz CT molecular complexity index is 218. The molecule has 1 aliphatic rings. The Morgan fingerprint density at radius 1 is 1.31 bits per heavy atom. The Labute approximate surface area is 115 Å². The third kappa shape index (κ3) is 29.2. The van der Waals surface area contributed by atoms with E-state index >= 15 is 0 Å². The van der Waals surface area contributed by atoms with E-state index in [9.17, 15) is 0 Å². The third-order valence-electron chi connectivity index (χ3n) is 1.10. The van der Waals surface area contributed by atoms with Crippen molar-refractivity contribution in [3.8, 4) is 0 Å². The third-order valence-corrected chi connectivity index (χ3v) is 1.10. The monoisotopic (exact) mass is 305 g/mol. The van der Waals surface area contributed by atoms with Gasteiger partial charge in [0, 0.05) is 0 Å². The molecular weight excluding hydrogens is 281 g/mol. The molecule has 0 saturated heterocycles. The van der Waals surface area contributed by atoms with Gasteiger partial charge in [-0.15, -0.1) is 6.42 Å². The van der Waals surface area contributed by atoms with Gasteiger partial charge in [-0.05, 0) is 0 Å². The molecule has 0 spiro atoms. The van der Waals surface area contributed by atoms with Crippen molar-refractivity contribution in [3.05, 3.63) is 54.5 Å². The summed E-state index contributed by atoms with van der Waals surface area (Å²) in [6.07, 6.45) is 13.9. The van der Waals surface area contributed by atoms with Crippen molar-refractivity contribution in [2.45, 2.75) is 41.0 Å². The molecule has 0 nitrogen and oxygen atoms in total. The fraction of sp³-hybridized carbons (Fsp3) is 0.400. The molecule has 0 heterocycles. The molecular formula is C15H23Ru. The Kier molecular flexibility index (Phi) is 22.2. The molecule has 0 bridgehead atoms. The van der Waals surface area contributed by atoms with Crippen molar-refractivity contribution in [1.29, 1.82) is 0 Å². The van der Waals surface area contributed by atoms with Crippen LogP contribution in [-0.2, 0) is 19.5 Å². The van der Waals surface area contributed by atoms with E-state index in [4.69, 9.17) is 6.58 Å². The normalized spacial score (nSPS) is 10.1. The fourth-order valence-corrected chi connectivity index (χ4v) is 0.796. The number of hydrogen-bond acceptors (Lipinski definition) is 0. The van der Waals surface area contributed by atoms with Gasteiger partial charge in [-0.25, -0.2) is 23.8 Å². The van der Waals surface area contributed by atoms with Crippen LogP contribution >= 0.6 is 0 Å². The van der Waals surface area contributed by atoms with E-state index in [2.05, 4.69) is 12.2 Å². The zero-order valence-electron chi connectivity index (χ0n) is 11.0. The number of hydrogen-bond donors (Lipinski definition) is 0. The SMILES string of the molecule is C[CH-]C.[C-]1=CC=CC1.[CH-]=C(C)C=C(C)C.[Ru+3]. The second-order valence-corrected chi connectivity index (χ2v) is 3.55. The van der Waals surface area contributed by atoms with E-state index in [1.807, 2.05) is 59.3 Å². The molecule has 1 heteroatoms. The van der Waals surface area contributed by atoms with E-state index in [1.165, 1.54) is 5.57 Å². The molecule has 0 unspecified atom stereocenters. The molecule has 16 heavy (non-hydrogen) atoms. The van der Waals surface area contributed by atoms with Crippen molar-refractivity contribution in [2.75, 3.05) is 0 Å². The molecule has 0 aromatic heterocycles. The number of allylic oxidation sites excluding steroid dienone is 7. The van der Waals surface area contributed by atoms with Crippen LogP contribution < -0.4 is 0 Å². The Morgan fingerprint density at radius 3 is 1.88 bits per heavy atom. The zero-order chi connectivity index (χ0) is 12.1. The first-order valence-electron chi connectivity index (χ1n) is 5.24. The van der Waals surface area contributed by atoms with Crippen LogP contribution in [0, 0.1) is 19.1 Å². The van der Waals surface area contributed by atoms with Gasteiger partial charge >= 0.3 is 19.5 Å². The molecule has 0 fully saturated rings. The molecule has 0 aliphatic heterocycles. The summed E-state index contributed by atoms with van der Waals surface area (Å²) in [4.78, 5) is 0. The predicted octanol–water partition coefficient (Wildman–Crippen LogP) is 4.87. The van der Waals surface area contributed by atoms with Gasteiger partial charge < -0.3 is 6.42 Å². The molecule has 0 saturated carbocycles. The maximum atomic E-state index is 5.33. The van der Waals surface area contributed by atoms with E-state index < -0.39 is 0 Å². The molecule has 0 atom stereocenters. The van der Waals surface area contributed by atoms with Gasteiger partial charge in [0.1, 0.15) is 0 Å². The van der Waals surface area contributed by atoms with Crippen LogP contribution in [0.25, 0.3) is 0 Å². The maximum Gasteiger partial charge on any atom is 3.00 e. The van der Waals surface area contributed by atoms with Crippen LogP contribution in [0.2, 0.25) is 0 Å². The summed E-state index contributed by atoms with van der Waals surface area (Å²) >= 11 is 0. The average Bonchev–Trinajstić information content (AvgIpc) is 2.58. The maximum absolute atomic E-state index is 5.33. The quantitative estimate of drug-likeness (QED) is 0.368. The van der Waals surface area contributed by atoms with Crippen molar-refractivity contribution in [3.63, 3.8) is 0 Å². The first kappa shape index (κ1) is 20.9. The molecule has 1 rings (SSSR count). The predicted molar refractivity (Wildman–Crippen MR) is 70.1 cm³/mol. The summed E-state index contributed by atoms with van der Waals surface area (Å²) in [7, 11) is 0. The molecule has 1 aliphatic carbocycles. The summed E-state index contributed by atoms with van der Waals surface area (Å²) in [5.74, 6) is 0. The first-order chi connectivity index (χ1) is 7.04. The minimum atomic E-state index is 0. The van der Waals surface area contributed by atoms with Gasteiger partial charge in [-0.2, -0.15) is 25.5 Å². The molecule has 91 valence electrons. The minimum absolute atomic E-state index is 0. The smallest absolute Gasteiger partial charge is 0.335 e. The van der Waals surface area contributed by atoms with Crippen LogP contribution in [0.15, 0.2) is 35.5 Å². The van der Waals surface area contributed by atoms with Crippen LogP contribution in [0.3, 0.4) is 0 Å². The van der Waals surface area contributed by atoms with Crippen molar-refractivity contribution < 1.29 is 19.5 Å². The zero-order valence-corrected chi connectivity index (χ0v) is 12.8. The van der Waals surface area contributed by atoms with Crippen LogP contribution in [0.5, 0.6) is 0 Å². The average molecular weight is 304 g/mol. The van der Waals surface area contributed by atoms with Crippen molar-refractivity contribution in [2.24, 2.45) is 0 Å². The summed E-state index contributed by atoms with van der Waals surface area (Å²) in [6.45, 7) is 15.3. The summed E-state index contributed by atoms with van der Waals surface area (Å²) < 4.78 is 0. The van der Waals surface area contributed by atoms with Crippen molar-refractivity contribution in [1.82, 2.24) is 0 Å². The van der Waals surface area contributed by atoms with E-state index in [0.29, 0.717) is 0 Å². The van der Waals surface area contributed by atoms with Gasteiger partial charge in [0.2, 0.25) is 0 Å². The fourth-order valence-electron chi connectivity index (χ4n) is 0.796.